The second-order valence-corrected chi connectivity index (χ2v) is 4.15. The van der Waals surface area contributed by atoms with Crippen molar-refractivity contribution in [1.82, 2.24) is 0 Å². The number of allylic oxidation sites excluding steroid dienone is 1. The molecule has 0 aromatic heterocycles. The molecule has 0 aliphatic carbocycles. The van der Waals surface area contributed by atoms with Gasteiger partial charge in [0.05, 0.1) is 6.10 Å². The summed E-state index contributed by atoms with van der Waals surface area (Å²) in [7, 11) is 0. The van der Waals surface area contributed by atoms with Crippen LogP contribution in [0.3, 0.4) is 0 Å². The minimum Gasteiger partial charge on any atom is -0.391 e. The van der Waals surface area contributed by atoms with Crippen molar-refractivity contribution in [2.24, 2.45) is 5.73 Å². The Morgan fingerprint density at radius 3 is 2.40 bits per heavy atom. The van der Waals surface area contributed by atoms with Gasteiger partial charge in [0.2, 0.25) is 0 Å². The first kappa shape index (κ1) is 14.7. The van der Waals surface area contributed by atoms with Crippen LogP contribution >= 0.6 is 0 Å². The van der Waals surface area contributed by atoms with E-state index in [0.717, 1.165) is 6.42 Å². The highest BCUT2D eigenvalue weighted by Gasteiger charge is 1.95. The summed E-state index contributed by atoms with van der Waals surface area (Å²) >= 11 is 0. The lowest BCUT2D eigenvalue weighted by Gasteiger charge is -2.01. The summed E-state index contributed by atoms with van der Waals surface area (Å²) in [4.78, 5) is 0. The van der Waals surface area contributed by atoms with Crippen LogP contribution in [0.5, 0.6) is 0 Å². The molecule has 0 rings (SSSR count). The minimum atomic E-state index is -0.356. The van der Waals surface area contributed by atoms with Crippen molar-refractivity contribution in [2.45, 2.75) is 64.4 Å². The number of aliphatic hydroxyl groups excluding tert-OH is 1. The Hall–Kier alpha value is -0.340. The second-order valence-electron chi connectivity index (χ2n) is 4.15. The first-order valence-electron chi connectivity index (χ1n) is 6.34. The Labute approximate surface area is 94.6 Å². The lowest BCUT2D eigenvalue weighted by molar-refractivity contribution is 0.186. The molecular formula is C13H27NO. The summed E-state index contributed by atoms with van der Waals surface area (Å²) in [5, 5.41) is 9.18. The lowest BCUT2D eigenvalue weighted by Crippen LogP contribution is -2.18. The van der Waals surface area contributed by atoms with E-state index in [1.54, 1.807) is 0 Å². The van der Waals surface area contributed by atoms with Crippen molar-refractivity contribution in [1.29, 1.82) is 0 Å². The van der Waals surface area contributed by atoms with Gasteiger partial charge in [-0.3, -0.25) is 0 Å². The van der Waals surface area contributed by atoms with Gasteiger partial charge in [0.1, 0.15) is 0 Å². The molecule has 0 fully saturated rings. The highest BCUT2D eigenvalue weighted by Crippen LogP contribution is 2.07. The molecule has 0 aliphatic rings. The van der Waals surface area contributed by atoms with E-state index in [1.807, 2.05) is 6.08 Å². The fraction of sp³-hybridized carbons (Fsp3) is 0.846. The smallest absolute Gasteiger partial charge is 0.0696 e. The Kier molecular flexibility index (Phi) is 11.5. The van der Waals surface area contributed by atoms with Crippen molar-refractivity contribution >= 4 is 0 Å². The van der Waals surface area contributed by atoms with Crippen molar-refractivity contribution in [2.75, 3.05) is 6.54 Å². The Morgan fingerprint density at radius 1 is 1.07 bits per heavy atom. The van der Waals surface area contributed by atoms with Crippen LogP contribution in [-0.2, 0) is 0 Å². The molecule has 2 heteroatoms. The van der Waals surface area contributed by atoms with Crippen molar-refractivity contribution < 1.29 is 5.11 Å². The fourth-order valence-electron chi connectivity index (χ4n) is 1.51. The van der Waals surface area contributed by atoms with E-state index in [2.05, 4.69) is 13.0 Å². The van der Waals surface area contributed by atoms with Crippen molar-refractivity contribution in [3.8, 4) is 0 Å². The fourth-order valence-corrected chi connectivity index (χ4v) is 1.51. The quantitative estimate of drug-likeness (QED) is 0.433. The maximum Gasteiger partial charge on any atom is 0.0696 e. The molecule has 0 aliphatic heterocycles. The summed E-state index contributed by atoms with van der Waals surface area (Å²) in [6.07, 6.45) is 13.8. The minimum absolute atomic E-state index is 0.356. The van der Waals surface area contributed by atoms with E-state index in [-0.39, 0.29) is 6.10 Å². The first-order valence-corrected chi connectivity index (χ1v) is 6.34. The SMILES string of the molecule is CCCCCCCC/C=C/C[C@H](O)CN. The molecule has 0 radical (unpaired) electrons. The van der Waals surface area contributed by atoms with Gasteiger partial charge in [-0.15, -0.1) is 0 Å². The molecular weight excluding hydrogens is 186 g/mol. The number of rotatable bonds is 10. The summed E-state index contributed by atoms with van der Waals surface area (Å²) in [6, 6.07) is 0. The van der Waals surface area contributed by atoms with Gasteiger partial charge >= 0.3 is 0 Å². The molecule has 0 aromatic rings. The summed E-state index contributed by atoms with van der Waals surface area (Å²) in [5.41, 5.74) is 5.30. The molecule has 2 nitrogen and oxygen atoms in total. The molecule has 0 amide bonds. The van der Waals surface area contributed by atoms with Crippen LogP contribution in [0.1, 0.15) is 58.3 Å². The molecule has 0 saturated carbocycles. The van der Waals surface area contributed by atoms with Crippen LogP contribution in [0.25, 0.3) is 0 Å². The van der Waals surface area contributed by atoms with Gasteiger partial charge in [0.25, 0.3) is 0 Å². The number of hydrogen-bond acceptors (Lipinski definition) is 2. The van der Waals surface area contributed by atoms with E-state index in [9.17, 15) is 5.11 Å². The normalized spacial score (nSPS) is 13.5. The molecule has 0 bridgehead atoms. The molecule has 15 heavy (non-hydrogen) atoms. The Morgan fingerprint density at radius 2 is 1.73 bits per heavy atom. The lowest BCUT2D eigenvalue weighted by atomic mass is 10.1. The average Bonchev–Trinajstić information content (AvgIpc) is 2.26. The molecule has 1 atom stereocenters. The third-order valence-electron chi connectivity index (χ3n) is 2.57. The van der Waals surface area contributed by atoms with Gasteiger partial charge in [-0.05, 0) is 19.3 Å². The molecule has 0 heterocycles. The maximum absolute atomic E-state index is 9.18. The zero-order chi connectivity index (χ0) is 11.4. The third-order valence-corrected chi connectivity index (χ3v) is 2.57. The van der Waals surface area contributed by atoms with E-state index >= 15 is 0 Å². The number of hydrogen-bond donors (Lipinski definition) is 2. The highest BCUT2D eigenvalue weighted by molar-refractivity contribution is 4.84. The van der Waals surface area contributed by atoms with Crippen molar-refractivity contribution in [3.05, 3.63) is 12.2 Å². The summed E-state index contributed by atoms with van der Waals surface area (Å²) in [6.45, 7) is 2.60. The number of aliphatic hydroxyl groups is 1. The number of nitrogens with two attached hydrogens (primary N) is 1. The van der Waals surface area contributed by atoms with Crippen LogP contribution in [0.4, 0.5) is 0 Å². The zero-order valence-corrected chi connectivity index (χ0v) is 10.1. The molecule has 0 aromatic carbocycles. The maximum atomic E-state index is 9.18. The van der Waals surface area contributed by atoms with Crippen LogP contribution < -0.4 is 5.73 Å². The topological polar surface area (TPSA) is 46.2 Å². The largest absolute Gasteiger partial charge is 0.391 e. The van der Waals surface area contributed by atoms with Crippen molar-refractivity contribution in [3.63, 3.8) is 0 Å². The van der Waals surface area contributed by atoms with E-state index in [4.69, 9.17) is 5.73 Å². The Bertz CT molecular complexity index is 145. The van der Waals surface area contributed by atoms with Gasteiger partial charge in [0, 0.05) is 6.54 Å². The predicted octanol–water partition coefficient (Wildman–Crippen LogP) is 3.00. The Balaban J connectivity index is 3.09. The van der Waals surface area contributed by atoms with Gasteiger partial charge < -0.3 is 10.8 Å². The molecule has 0 saturated heterocycles. The van der Waals surface area contributed by atoms with E-state index in [0.29, 0.717) is 13.0 Å². The second kappa shape index (κ2) is 11.7. The van der Waals surface area contributed by atoms with Gasteiger partial charge in [0.15, 0.2) is 0 Å². The van der Waals surface area contributed by atoms with Crippen LogP contribution in [0.15, 0.2) is 12.2 Å². The monoisotopic (exact) mass is 213 g/mol. The van der Waals surface area contributed by atoms with Crippen LogP contribution in [0, 0.1) is 0 Å². The third kappa shape index (κ3) is 11.6. The van der Waals surface area contributed by atoms with E-state index in [1.165, 1.54) is 38.5 Å². The number of unbranched alkanes of at least 4 members (excludes halogenated alkanes) is 6. The molecule has 0 unspecified atom stereocenters. The summed E-state index contributed by atoms with van der Waals surface area (Å²) < 4.78 is 0. The zero-order valence-electron chi connectivity index (χ0n) is 10.1. The van der Waals surface area contributed by atoms with E-state index < -0.39 is 0 Å². The molecule has 0 spiro atoms. The molecule has 3 N–H and O–H groups in total. The standard InChI is InChI=1S/C13H27NO/c1-2-3-4-5-6-7-8-9-10-11-13(15)12-14/h9-10,13,15H,2-8,11-12,14H2,1H3/b10-9+/t13-/m0/s1. The highest BCUT2D eigenvalue weighted by atomic mass is 16.3. The van der Waals surface area contributed by atoms with Gasteiger partial charge in [-0.25, -0.2) is 0 Å². The van der Waals surface area contributed by atoms with Crippen LogP contribution in [0.2, 0.25) is 0 Å². The first-order chi connectivity index (χ1) is 7.31. The van der Waals surface area contributed by atoms with Gasteiger partial charge in [-0.1, -0.05) is 51.2 Å². The average molecular weight is 213 g/mol. The predicted molar refractivity (Wildman–Crippen MR) is 66.8 cm³/mol. The molecule has 90 valence electrons. The van der Waals surface area contributed by atoms with Crippen LogP contribution in [-0.4, -0.2) is 17.8 Å². The summed E-state index contributed by atoms with van der Waals surface area (Å²) in [5.74, 6) is 0. The van der Waals surface area contributed by atoms with Gasteiger partial charge in [-0.2, -0.15) is 0 Å².